The fourth-order valence-electron chi connectivity index (χ4n) is 4.87. The molecule has 2 heterocycles. The van der Waals surface area contributed by atoms with E-state index in [2.05, 4.69) is 91.0 Å². The van der Waals surface area contributed by atoms with Gasteiger partial charge in [-0.15, -0.1) is 0 Å². The molecule has 0 fully saturated rings. The van der Waals surface area contributed by atoms with E-state index in [1.54, 1.807) is 0 Å². The van der Waals surface area contributed by atoms with E-state index in [9.17, 15) is 0 Å². The van der Waals surface area contributed by atoms with Crippen molar-refractivity contribution >= 4 is 21.9 Å². The van der Waals surface area contributed by atoms with Crippen LogP contribution in [0.3, 0.4) is 0 Å². The molecule has 3 heteroatoms. The van der Waals surface area contributed by atoms with E-state index in [4.69, 9.17) is 14.4 Å². The number of para-hydroxylation sites is 1. The monoisotopic (exact) mass is 474 g/mol. The molecule has 0 bridgehead atoms. The maximum Gasteiger partial charge on any atom is 0.160 e. The smallest absolute Gasteiger partial charge is 0.160 e. The van der Waals surface area contributed by atoms with Gasteiger partial charge in [0.2, 0.25) is 0 Å². The van der Waals surface area contributed by atoms with Crippen LogP contribution in [-0.2, 0) is 0 Å². The average molecular weight is 475 g/mol. The number of rotatable bonds is 4. The van der Waals surface area contributed by atoms with Gasteiger partial charge in [-0.25, -0.2) is 9.97 Å². The summed E-state index contributed by atoms with van der Waals surface area (Å²) in [6.45, 7) is 0. The normalized spacial score (nSPS) is 11.2. The van der Waals surface area contributed by atoms with Crippen LogP contribution in [0.25, 0.3) is 67.0 Å². The lowest BCUT2D eigenvalue weighted by atomic mass is 10.0. The van der Waals surface area contributed by atoms with Crippen LogP contribution >= 0.6 is 0 Å². The van der Waals surface area contributed by atoms with Crippen LogP contribution in [0.4, 0.5) is 0 Å². The van der Waals surface area contributed by atoms with Crippen molar-refractivity contribution in [3.63, 3.8) is 0 Å². The first-order chi connectivity index (χ1) is 18.3. The second-order valence-corrected chi connectivity index (χ2v) is 9.06. The number of benzene rings is 5. The molecule has 0 aliphatic heterocycles. The first kappa shape index (κ1) is 21.3. The fraction of sp³-hybridized carbons (Fsp3) is 0. The maximum atomic E-state index is 6.47. The Kier molecular flexibility index (Phi) is 5.11. The van der Waals surface area contributed by atoms with Crippen LogP contribution in [0.5, 0.6) is 0 Å². The lowest BCUT2D eigenvalue weighted by Crippen LogP contribution is -1.95. The van der Waals surface area contributed by atoms with Crippen molar-refractivity contribution in [1.82, 2.24) is 9.97 Å². The molecule has 174 valence electrons. The maximum absolute atomic E-state index is 6.47. The predicted octanol–water partition coefficient (Wildman–Crippen LogP) is 9.04. The number of aromatic nitrogens is 2. The predicted molar refractivity (Wildman–Crippen MR) is 151 cm³/mol. The van der Waals surface area contributed by atoms with E-state index in [1.807, 2.05) is 42.5 Å². The van der Waals surface area contributed by atoms with Gasteiger partial charge in [0.25, 0.3) is 0 Å². The van der Waals surface area contributed by atoms with Gasteiger partial charge in [-0.3, -0.25) is 0 Å². The Balaban J connectivity index is 1.41. The summed E-state index contributed by atoms with van der Waals surface area (Å²) in [4.78, 5) is 9.95. The molecule has 0 amide bonds. The summed E-state index contributed by atoms with van der Waals surface area (Å²) >= 11 is 0. The van der Waals surface area contributed by atoms with Crippen molar-refractivity contribution < 1.29 is 4.42 Å². The summed E-state index contributed by atoms with van der Waals surface area (Å²) in [7, 11) is 0. The van der Waals surface area contributed by atoms with Crippen LogP contribution in [-0.4, -0.2) is 9.97 Å². The molecule has 7 rings (SSSR count). The zero-order chi connectivity index (χ0) is 24.6. The molecule has 7 aromatic rings. The second-order valence-electron chi connectivity index (χ2n) is 9.06. The lowest BCUT2D eigenvalue weighted by molar-refractivity contribution is 0.670. The number of fused-ring (bicyclic) bond motifs is 3. The third kappa shape index (κ3) is 3.87. The number of furan rings is 1. The molecule has 0 atom stereocenters. The van der Waals surface area contributed by atoms with E-state index >= 15 is 0 Å². The molecular formula is C34H22N2O. The van der Waals surface area contributed by atoms with Crippen molar-refractivity contribution in [2.75, 3.05) is 0 Å². The standard InChI is InChI=1S/C34H22N2O/c1-4-11-23(12-5-1)27-17-10-18-29-28-20-19-26(21-32(28)37-33(27)29)34-35-30(24-13-6-2-7-14-24)22-31(36-34)25-15-8-3-9-16-25/h1-22H. The summed E-state index contributed by atoms with van der Waals surface area (Å²) in [6, 6.07) is 45.5. The fourth-order valence-corrected chi connectivity index (χ4v) is 4.87. The molecule has 3 nitrogen and oxygen atoms in total. The van der Waals surface area contributed by atoms with Crippen molar-refractivity contribution in [3.8, 4) is 45.0 Å². The Bertz CT molecular complexity index is 1800. The highest BCUT2D eigenvalue weighted by molar-refractivity contribution is 6.10. The number of hydrogen-bond donors (Lipinski definition) is 0. The molecule has 0 radical (unpaired) electrons. The molecule has 0 aliphatic carbocycles. The Labute approximate surface area is 214 Å². The number of hydrogen-bond acceptors (Lipinski definition) is 3. The third-order valence-electron chi connectivity index (χ3n) is 6.71. The summed E-state index contributed by atoms with van der Waals surface area (Å²) in [5.74, 6) is 0.672. The minimum Gasteiger partial charge on any atom is -0.455 e. The zero-order valence-electron chi connectivity index (χ0n) is 20.0. The summed E-state index contributed by atoms with van der Waals surface area (Å²) < 4.78 is 6.47. The molecule has 0 spiro atoms. The molecule has 0 saturated heterocycles. The highest BCUT2D eigenvalue weighted by Gasteiger charge is 2.15. The van der Waals surface area contributed by atoms with Gasteiger partial charge in [-0.2, -0.15) is 0 Å². The van der Waals surface area contributed by atoms with Gasteiger partial charge in [0.1, 0.15) is 11.2 Å². The summed E-state index contributed by atoms with van der Waals surface area (Å²) in [5, 5.41) is 2.19. The molecule has 0 N–H and O–H groups in total. The van der Waals surface area contributed by atoms with E-state index in [0.29, 0.717) is 5.82 Å². The topological polar surface area (TPSA) is 38.9 Å². The summed E-state index contributed by atoms with van der Waals surface area (Å²) in [6.07, 6.45) is 0. The highest BCUT2D eigenvalue weighted by atomic mass is 16.3. The van der Waals surface area contributed by atoms with Gasteiger partial charge in [-0.05, 0) is 23.8 Å². The van der Waals surface area contributed by atoms with E-state index < -0.39 is 0 Å². The number of nitrogens with zero attached hydrogens (tertiary/aromatic N) is 2. The van der Waals surface area contributed by atoms with E-state index in [-0.39, 0.29) is 0 Å². The average Bonchev–Trinajstić information content (AvgIpc) is 3.36. The second kappa shape index (κ2) is 8.89. The van der Waals surface area contributed by atoms with E-state index in [1.165, 1.54) is 0 Å². The third-order valence-corrected chi connectivity index (χ3v) is 6.71. The first-order valence-electron chi connectivity index (χ1n) is 12.3. The Hall–Kier alpha value is -5.02. The molecular weight excluding hydrogens is 452 g/mol. The first-order valence-corrected chi connectivity index (χ1v) is 12.3. The van der Waals surface area contributed by atoms with Crippen LogP contribution in [0.2, 0.25) is 0 Å². The quantitative estimate of drug-likeness (QED) is 0.255. The van der Waals surface area contributed by atoms with Crippen molar-refractivity contribution in [2.45, 2.75) is 0 Å². The van der Waals surface area contributed by atoms with Crippen LogP contribution < -0.4 is 0 Å². The molecule has 0 unspecified atom stereocenters. The van der Waals surface area contributed by atoms with Gasteiger partial charge in [0.15, 0.2) is 5.82 Å². The molecule has 2 aromatic heterocycles. The zero-order valence-corrected chi connectivity index (χ0v) is 20.0. The SMILES string of the molecule is c1ccc(-c2cc(-c3ccccc3)nc(-c3ccc4c(c3)oc3c(-c5ccccc5)cccc34)n2)cc1. The van der Waals surface area contributed by atoms with Crippen LogP contribution in [0, 0.1) is 0 Å². The van der Waals surface area contributed by atoms with Gasteiger partial charge >= 0.3 is 0 Å². The summed E-state index contributed by atoms with van der Waals surface area (Å²) in [5.41, 5.74) is 8.75. The minimum absolute atomic E-state index is 0.672. The van der Waals surface area contributed by atoms with Crippen LogP contribution in [0.1, 0.15) is 0 Å². The molecule has 0 saturated carbocycles. The molecule has 37 heavy (non-hydrogen) atoms. The lowest BCUT2D eigenvalue weighted by Gasteiger charge is -2.09. The van der Waals surface area contributed by atoms with E-state index in [0.717, 1.165) is 61.1 Å². The minimum atomic E-state index is 0.672. The largest absolute Gasteiger partial charge is 0.455 e. The van der Waals surface area contributed by atoms with Crippen molar-refractivity contribution in [2.24, 2.45) is 0 Å². The van der Waals surface area contributed by atoms with Gasteiger partial charge < -0.3 is 4.42 Å². The molecule has 0 aliphatic rings. The van der Waals surface area contributed by atoms with Gasteiger partial charge in [-0.1, -0.05) is 115 Å². The van der Waals surface area contributed by atoms with Gasteiger partial charge in [0.05, 0.1) is 11.4 Å². The Morgan fingerprint density at radius 1 is 0.432 bits per heavy atom. The Morgan fingerprint density at radius 2 is 1.03 bits per heavy atom. The van der Waals surface area contributed by atoms with Crippen molar-refractivity contribution in [1.29, 1.82) is 0 Å². The molecule has 5 aromatic carbocycles. The van der Waals surface area contributed by atoms with Gasteiger partial charge in [0, 0.05) is 33.0 Å². The van der Waals surface area contributed by atoms with Crippen LogP contribution in [0.15, 0.2) is 138 Å². The highest BCUT2D eigenvalue weighted by Crippen LogP contribution is 2.37. The Morgan fingerprint density at radius 3 is 1.65 bits per heavy atom. The van der Waals surface area contributed by atoms with Crippen molar-refractivity contribution in [3.05, 3.63) is 133 Å².